The average Bonchev–Trinajstić information content (AvgIpc) is 3.70. The lowest BCUT2D eigenvalue weighted by molar-refractivity contribution is -0.124. The Hall–Kier alpha value is -3.29. The van der Waals surface area contributed by atoms with Gasteiger partial charge in [0.25, 0.3) is 0 Å². The molecule has 2 aliphatic heterocycles. The van der Waals surface area contributed by atoms with Gasteiger partial charge in [0.15, 0.2) is 5.17 Å². The highest BCUT2D eigenvalue weighted by atomic mass is 32.2. The van der Waals surface area contributed by atoms with Crippen LogP contribution in [0.3, 0.4) is 0 Å². The molecule has 0 bridgehead atoms. The Kier molecular flexibility index (Phi) is 10.2. The molecule has 7 nitrogen and oxygen atoms in total. The molecule has 2 fully saturated rings. The number of benzene rings is 1. The van der Waals surface area contributed by atoms with E-state index in [-0.39, 0.29) is 29.6 Å². The van der Waals surface area contributed by atoms with E-state index in [4.69, 9.17) is 15.7 Å². The lowest BCUT2D eigenvalue weighted by Crippen LogP contribution is -2.39. The Morgan fingerprint density at radius 3 is 2.73 bits per heavy atom. The van der Waals surface area contributed by atoms with E-state index in [1.807, 2.05) is 26.8 Å². The normalized spacial score (nSPS) is 24.2. The molecular formula is C27H31F2N5O2S. The van der Waals surface area contributed by atoms with Crippen LogP contribution in [0.1, 0.15) is 55.6 Å². The highest BCUT2D eigenvalue weighted by molar-refractivity contribution is 8.14. The van der Waals surface area contributed by atoms with E-state index < -0.39 is 5.83 Å². The molecule has 10 heteroatoms. The first-order valence-electron chi connectivity index (χ1n) is 12.2. The molecule has 2 aromatic rings. The van der Waals surface area contributed by atoms with Gasteiger partial charge in [0, 0.05) is 30.1 Å². The van der Waals surface area contributed by atoms with E-state index in [0.717, 1.165) is 25.9 Å². The maximum Gasteiger partial charge on any atom is 0.209 e. The molecule has 1 aromatic carbocycles. The Labute approximate surface area is 220 Å². The molecule has 2 N–H and O–H groups in total. The van der Waals surface area contributed by atoms with Crippen LogP contribution in [0.25, 0.3) is 11.9 Å². The van der Waals surface area contributed by atoms with Crippen LogP contribution in [-0.4, -0.2) is 52.5 Å². The van der Waals surface area contributed by atoms with E-state index in [2.05, 4.69) is 9.98 Å². The Balaban J connectivity index is 0.000000291. The maximum atomic E-state index is 14.4. The lowest BCUT2D eigenvalue weighted by Gasteiger charge is -2.27. The first-order chi connectivity index (χ1) is 17.9. The summed E-state index contributed by atoms with van der Waals surface area (Å²) in [5.74, 6) is -0.636. The number of nitriles is 1. The van der Waals surface area contributed by atoms with Crippen molar-refractivity contribution >= 4 is 35.2 Å². The van der Waals surface area contributed by atoms with E-state index >= 15 is 0 Å². The second-order valence-corrected chi connectivity index (χ2v) is 9.83. The zero-order valence-corrected chi connectivity index (χ0v) is 21.9. The highest BCUT2D eigenvalue weighted by Gasteiger charge is 2.48. The summed E-state index contributed by atoms with van der Waals surface area (Å²) in [5.41, 5.74) is 7.27. The van der Waals surface area contributed by atoms with Gasteiger partial charge in [-0.3, -0.25) is 14.8 Å². The van der Waals surface area contributed by atoms with Gasteiger partial charge in [-0.25, -0.2) is 8.78 Å². The number of aliphatic imine (C=N–C) groups is 1. The molecule has 0 spiro atoms. The number of halogens is 2. The van der Waals surface area contributed by atoms with Crippen molar-refractivity contribution in [3.8, 4) is 6.07 Å². The summed E-state index contributed by atoms with van der Waals surface area (Å²) in [6.45, 7) is 8.13. The molecule has 196 valence electrons. The fourth-order valence-corrected chi connectivity index (χ4v) is 5.14. The molecule has 4 atom stereocenters. The minimum absolute atomic E-state index is 0.119. The third-order valence-corrected chi connectivity index (χ3v) is 7.11. The number of amides is 1. The standard InChI is InChI=1S/C19H14F2N4S.C6H11NO2.C2H6/c20-14-3-1-10(6-15(21)16-4-2-11(8-22)9-24-16)5-12(14)18-13-7-17(13)26-19(23)25-18;1-6-4-7(5-8)2-3-9-6;1-2/h1-6,9,13,17-18H,7H2,(H2,23,25);5-6H,2-4H2,1H3;1-2H3/b15-6-;;/t;6-;/m.1./s1. The van der Waals surface area contributed by atoms with Gasteiger partial charge < -0.3 is 15.4 Å². The van der Waals surface area contributed by atoms with Crippen LogP contribution in [0.5, 0.6) is 0 Å². The predicted molar refractivity (Wildman–Crippen MR) is 143 cm³/mol. The van der Waals surface area contributed by atoms with Gasteiger partial charge in [-0.1, -0.05) is 31.7 Å². The van der Waals surface area contributed by atoms with E-state index in [0.29, 0.717) is 33.7 Å². The van der Waals surface area contributed by atoms with Crippen LogP contribution in [0, 0.1) is 23.1 Å². The number of nitrogens with zero attached hydrogens (tertiary/aromatic N) is 4. The Bertz CT molecular complexity index is 1180. The summed E-state index contributed by atoms with van der Waals surface area (Å²) in [7, 11) is 0. The van der Waals surface area contributed by atoms with Crippen molar-refractivity contribution in [2.45, 2.75) is 44.6 Å². The molecule has 5 rings (SSSR count). The maximum absolute atomic E-state index is 14.4. The lowest BCUT2D eigenvalue weighted by atomic mass is 9.99. The molecule has 3 unspecified atom stereocenters. The monoisotopic (exact) mass is 527 g/mol. The topological polar surface area (TPSA) is 105 Å². The number of fused-ring (bicyclic) bond motifs is 1. The zero-order valence-electron chi connectivity index (χ0n) is 21.1. The van der Waals surface area contributed by atoms with Crippen LogP contribution in [-0.2, 0) is 9.53 Å². The van der Waals surface area contributed by atoms with Crippen molar-refractivity contribution in [2.24, 2.45) is 16.6 Å². The number of hydrogen-bond donors (Lipinski definition) is 1. The van der Waals surface area contributed by atoms with E-state index in [1.165, 1.54) is 48.3 Å². The van der Waals surface area contributed by atoms with Gasteiger partial charge in [-0.05, 0) is 55.2 Å². The summed E-state index contributed by atoms with van der Waals surface area (Å²) >= 11 is 1.54. The van der Waals surface area contributed by atoms with Crippen molar-refractivity contribution in [2.75, 3.05) is 19.7 Å². The number of thioether (sulfide) groups is 1. The summed E-state index contributed by atoms with van der Waals surface area (Å²) in [6.07, 6.45) is 4.65. The van der Waals surface area contributed by atoms with Crippen LogP contribution in [0.4, 0.5) is 8.78 Å². The minimum Gasteiger partial charge on any atom is -0.379 e. The molecule has 1 aromatic heterocycles. The number of aromatic nitrogens is 1. The number of morpholine rings is 1. The van der Waals surface area contributed by atoms with Gasteiger partial charge in [0.05, 0.1) is 30.0 Å². The third kappa shape index (κ3) is 7.60. The fraction of sp³-hybridized carbons (Fsp3) is 0.407. The molecule has 0 radical (unpaired) electrons. The number of hydrogen-bond acceptors (Lipinski definition) is 7. The summed E-state index contributed by atoms with van der Waals surface area (Å²) < 4.78 is 34.0. The number of ether oxygens (including phenoxy) is 1. The van der Waals surface area contributed by atoms with Gasteiger partial charge in [0.1, 0.15) is 17.7 Å². The second kappa shape index (κ2) is 13.3. The Morgan fingerprint density at radius 2 is 2.11 bits per heavy atom. The molecule has 37 heavy (non-hydrogen) atoms. The van der Waals surface area contributed by atoms with Crippen molar-refractivity contribution in [1.82, 2.24) is 9.88 Å². The number of carbonyl (C=O) groups is 1. The van der Waals surface area contributed by atoms with Gasteiger partial charge in [0.2, 0.25) is 6.41 Å². The van der Waals surface area contributed by atoms with Gasteiger partial charge >= 0.3 is 0 Å². The van der Waals surface area contributed by atoms with Crippen LogP contribution >= 0.6 is 11.8 Å². The first kappa shape index (κ1) is 28.3. The molecule has 1 amide bonds. The SMILES string of the molecule is CC.C[C@@H]1CN(C=O)CCO1.N#Cc1ccc(/C(F)=C/c2ccc(F)c(C3N=C(N)SC4CC43)c2)nc1. The van der Waals surface area contributed by atoms with Crippen molar-refractivity contribution in [3.63, 3.8) is 0 Å². The number of nitrogens with two attached hydrogens (primary N) is 1. The summed E-state index contributed by atoms with van der Waals surface area (Å²) in [5, 5.41) is 9.64. The number of amidine groups is 1. The average molecular weight is 528 g/mol. The van der Waals surface area contributed by atoms with Crippen molar-refractivity contribution < 1.29 is 18.3 Å². The number of rotatable bonds is 4. The predicted octanol–water partition coefficient (Wildman–Crippen LogP) is 4.94. The molecule has 1 aliphatic carbocycles. The summed E-state index contributed by atoms with van der Waals surface area (Å²) in [4.78, 5) is 20.2. The smallest absolute Gasteiger partial charge is 0.209 e. The number of pyridine rings is 1. The molecule has 1 saturated carbocycles. The molecule has 3 heterocycles. The Morgan fingerprint density at radius 1 is 1.32 bits per heavy atom. The summed E-state index contributed by atoms with van der Waals surface area (Å²) in [6, 6.07) is 9.01. The van der Waals surface area contributed by atoms with Crippen LogP contribution < -0.4 is 5.73 Å². The quantitative estimate of drug-likeness (QED) is 0.565. The first-order valence-corrected chi connectivity index (χ1v) is 13.1. The minimum atomic E-state index is -0.557. The van der Waals surface area contributed by atoms with Crippen LogP contribution in [0.15, 0.2) is 41.5 Å². The third-order valence-electron chi connectivity index (χ3n) is 5.91. The van der Waals surface area contributed by atoms with Crippen LogP contribution in [0.2, 0.25) is 0 Å². The van der Waals surface area contributed by atoms with Crippen molar-refractivity contribution in [3.05, 3.63) is 64.7 Å². The largest absolute Gasteiger partial charge is 0.379 e. The highest BCUT2D eigenvalue weighted by Crippen LogP contribution is 2.54. The van der Waals surface area contributed by atoms with Crippen molar-refractivity contribution in [1.29, 1.82) is 5.26 Å². The fourth-order valence-electron chi connectivity index (χ4n) is 4.02. The van der Waals surface area contributed by atoms with Gasteiger partial charge in [-0.2, -0.15) is 5.26 Å². The molecular weight excluding hydrogens is 496 g/mol. The zero-order chi connectivity index (χ0) is 26.9. The number of carbonyl (C=O) groups excluding carboxylic acids is 1. The van der Waals surface area contributed by atoms with E-state index in [9.17, 15) is 13.6 Å². The molecule has 3 aliphatic rings. The molecule has 1 saturated heterocycles. The second-order valence-electron chi connectivity index (χ2n) is 8.57. The van der Waals surface area contributed by atoms with E-state index in [1.54, 1.807) is 11.0 Å². The van der Waals surface area contributed by atoms with Gasteiger partial charge in [-0.15, -0.1) is 0 Å².